The zero-order valence-corrected chi connectivity index (χ0v) is 10.7. The quantitative estimate of drug-likeness (QED) is 0.890. The Morgan fingerprint density at radius 2 is 1.95 bits per heavy atom. The first kappa shape index (κ1) is 14.8. The standard InChI is InChI=1S/C13H15F3N2O2/c14-13(15,16)11-7-9(1-2-10(11)12(19)20)8-18-5-3-17-4-6-18/h1-2,7,17H,3-6,8H2,(H,19,20). The molecule has 1 saturated heterocycles. The Bertz CT molecular complexity index is 497. The zero-order valence-electron chi connectivity index (χ0n) is 10.7. The van der Waals surface area contributed by atoms with Crippen molar-refractivity contribution >= 4 is 5.97 Å². The Balaban J connectivity index is 2.25. The number of nitrogens with zero attached hydrogens (tertiary/aromatic N) is 1. The van der Waals surface area contributed by atoms with Gasteiger partial charge in [-0.1, -0.05) is 6.07 Å². The largest absolute Gasteiger partial charge is 0.478 e. The van der Waals surface area contributed by atoms with Crippen molar-refractivity contribution in [1.29, 1.82) is 0 Å². The Labute approximate surface area is 114 Å². The molecule has 20 heavy (non-hydrogen) atoms. The minimum Gasteiger partial charge on any atom is -0.478 e. The molecule has 0 saturated carbocycles. The molecule has 1 fully saturated rings. The number of rotatable bonds is 3. The van der Waals surface area contributed by atoms with Gasteiger partial charge in [0.15, 0.2) is 0 Å². The van der Waals surface area contributed by atoms with Gasteiger partial charge >= 0.3 is 12.1 Å². The Kier molecular flexibility index (Phi) is 4.29. The van der Waals surface area contributed by atoms with Crippen molar-refractivity contribution in [2.24, 2.45) is 0 Å². The van der Waals surface area contributed by atoms with E-state index in [9.17, 15) is 18.0 Å². The number of halogens is 3. The topological polar surface area (TPSA) is 52.6 Å². The SMILES string of the molecule is O=C(O)c1ccc(CN2CCNCC2)cc1C(F)(F)F. The molecule has 7 heteroatoms. The maximum atomic E-state index is 12.9. The zero-order chi connectivity index (χ0) is 14.8. The first-order chi connectivity index (χ1) is 9.38. The Morgan fingerprint density at radius 3 is 2.50 bits per heavy atom. The second-order valence-electron chi connectivity index (χ2n) is 4.71. The molecule has 0 spiro atoms. The van der Waals surface area contributed by atoms with E-state index in [0.29, 0.717) is 12.1 Å². The smallest absolute Gasteiger partial charge is 0.417 e. The van der Waals surface area contributed by atoms with Crippen LogP contribution in [-0.4, -0.2) is 42.2 Å². The first-order valence-corrected chi connectivity index (χ1v) is 6.24. The van der Waals surface area contributed by atoms with E-state index in [1.54, 1.807) is 0 Å². The molecular formula is C13H15F3N2O2. The van der Waals surface area contributed by atoms with Crippen LogP contribution in [0.2, 0.25) is 0 Å². The highest BCUT2D eigenvalue weighted by atomic mass is 19.4. The number of carbonyl (C=O) groups is 1. The van der Waals surface area contributed by atoms with Crippen LogP contribution >= 0.6 is 0 Å². The predicted octanol–water partition coefficient (Wildman–Crippen LogP) is 1.81. The summed E-state index contributed by atoms with van der Waals surface area (Å²) in [7, 11) is 0. The number of piperazine rings is 1. The molecule has 0 atom stereocenters. The highest BCUT2D eigenvalue weighted by molar-refractivity contribution is 5.89. The highest BCUT2D eigenvalue weighted by Crippen LogP contribution is 2.33. The maximum Gasteiger partial charge on any atom is 0.417 e. The van der Waals surface area contributed by atoms with Gasteiger partial charge in [-0.25, -0.2) is 4.79 Å². The average molecular weight is 288 g/mol. The van der Waals surface area contributed by atoms with Crippen molar-refractivity contribution in [2.45, 2.75) is 12.7 Å². The Hall–Kier alpha value is -1.60. The third-order valence-corrected chi connectivity index (χ3v) is 3.24. The Morgan fingerprint density at radius 1 is 1.30 bits per heavy atom. The van der Waals surface area contributed by atoms with Gasteiger partial charge in [0.05, 0.1) is 11.1 Å². The molecule has 0 bridgehead atoms. The summed E-state index contributed by atoms with van der Waals surface area (Å²) in [4.78, 5) is 12.9. The molecule has 1 aliphatic rings. The van der Waals surface area contributed by atoms with Gasteiger partial charge in [-0.05, 0) is 17.7 Å². The van der Waals surface area contributed by atoms with Gasteiger partial charge < -0.3 is 10.4 Å². The summed E-state index contributed by atoms with van der Waals surface area (Å²) in [5.41, 5.74) is -1.32. The number of carboxylic acid groups (broad SMARTS) is 1. The van der Waals surface area contributed by atoms with Crippen LogP contribution < -0.4 is 5.32 Å². The lowest BCUT2D eigenvalue weighted by molar-refractivity contribution is -0.138. The molecule has 0 radical (unpaired) electrons. The van der Waals surface area contributed by atoms with Crippen LogP contribution in [-0.2, 0) is 12.7 Å². The second-order valence-corrected chi connectivity index (χ2v) is 4.71. The molecule has 1 aliphatic heterocycles. The summed E-state index contributed by atoms with van der Waals surface area (Å²) in [6.07, 6.45) is -4.66. The number of aromatic carboxylic acids is 1. The van der Waals surface area contributed by atoms with Crippen LogP contribution in [0.3, 0.4) is 0 Å². The highest BCUT2D eigenvalue weighted by Gasteiger charge is 2.35. The van der Waals surface area contributed by atoms with Crippen LogP contribution in [0.5, 0.6) is 0 Å². The summed E-state index contributed by atoms with van der Waals surface area (Å²) in [5.74, 6) is -1.56. The number of benzene rings is 1. The molecule has 0 aliphatic carbocycles. The number of hydrogen-bond donors (Lipinski definition) is 2. The fourth-order valence-corrected chi connectivity index (χ4v) is 2.24. The minimum atomic E-state index is -4.66. The predicted molar refractivity (Wildman–Crippen MR) is 66.6 cm³/mol. The van der Waals surface area contributed by atoms with Gasteiger partial charge in [-0.15, -0.1) is 0 Å². The van der Waals surface area contributed by atoms with E-state index < -0.39 is 23.3 Å². The van der Waals surface area contributed by atoms with Crippen LogP contribution in [0, 0.1) is 0 Å². The van der Waals surface area contributed by atoms with E-state index >= 15 is 0 Å². The lowest BCUT2D eigenvalue weighted by atomic mass is 10.0. The van der Waals surface area contributed by atoms with Crippen LogP contribution in [0.15, 0.2) is 18.2 Å². The fraction of sp³-hybridized carbons (Fsp3) is 0.462. The van der Waals surface area contributed by atoms with Crippen molar-refractivity contribution in [1.82, 2.24) is 10.2 Å². The van der Waals surface area contributed by atoms with E-state index in [4.69, 9.17) is 5.11 Å². The second kappa shape index (κ2) is 5.80. The van der Waals surface area contributed by atoms with Crippen LogP contribution in [0.25, 0.3) is 0 Å². The summed E-state index contributed by atoms with van der Waals surface area (Å²) < 4.78 is 38.6. The molecule has 2 N–H and O–H groups in total. The number of hydrogen-bond acceptors (Lipinski definition) is 3. The van der Waals surface area contributed by atoms with Crippen molar-refractivity contribution < 1.29 is 23.1 Å². The molecule has 0 aromatic heterocycles. The maximum absolute atomic E-state index is 12.9. The van der Waals surface area contributed by atoms with Gasteiger partial charge in [-0.2, -0.15) is 13.2 Å². The monoisotopic (exact) mass is 288 g/mol. The fourth-order valence-electron chi connectivity index (χ4n) is 2.24. The van der Waals surface area contributed by atoms with Crippen molar-refractivity contribution in [3.05, 3.63) is 34.9 Å². The summed E-state index contributed by atoms with van der Waals surface area (Å²) in [5, 5.41) is 12.0. The molecule has 0 unspecified atom stereocenters. The molecule has 4 nitrogen and oxygen atoms in total. The summed E-state index contributed by atoms with van der Waals surface area (Å²) in [6.45, 7) is 3.54. The number of alkyl halides is 3. The van der Waals surface area contributed by atoms with Gasteiger partial charge in [-0.3, -0.25) is 4.90 Å². The van der Waals surface area contributed by atoms with Gasteiger partial charge in [0.1, 0.15) is 0 Å². The normalized spacial score (nSPS) is 17.1. The van der Waals surface area contributed by atoms with E-state index in [-0.39, 0.29) is 0 Å². The molecule has 1 heterocycles. The van der Waals surface area contributed by atoms with Crippen LogP contribution in [0.1, 0.15) is 21.5 Å². The van der Waals surface area contributed by atoms with E-state index in [0.717, 1.165) is 38.3 Å². The van der Waals surface area contributed by atoms with E-state index in [1.807, 2.05) is 4.90 Å². The molecule has 1 aromatic carbocycles. The van der Waals surface area contributed by atoms with E-state index in [1.165, 1.54) is 6.07 Å². The van der Waals surface area contributed by atoms with E-state index in [2.05, 4.69) is 5.32 Å². The third-order valence-electron chi connectivity index (χ3n) is 3.24. The third kappa shape index (κ3) is 3.49. The molecule has 0 amide bonds. The summed E-state index contributed by atoms with van der Waals surface area (Å²) in [6, 6.07) is 3.41. The van der Waals surface area contributed by atoms with Crippen LogP contribution in [0.4, 0.5) is 13.2 Å². The molecule has 2 rings (SSSR count). The minimum absolute atomic E-state index is 0.394. The molecular weight excluding hydrogens is 273 g/mol. The summed E-state index contributed by atoms with van der Waals surface area (Å²) >= 11 is 0. The molecule has 110 valence electrons. The van der Waals surface area contributed by atoms with Gasteiger partial charge in [0.2, 0.25) is 0 Å². The molecule has 1 aromatic rings. The number of nitrogens with one attached hydrogen (secondary N) is 1. The first-order valence-electron chi connectivity index (χ1n) is 6.24. The lowest BCUT2D eigenvalue weighted by Crippen LogP contribution is -2.42. The van der Waals surface area contributed by atoms with Crippen molar-refractivity contribution in [3.63, 3.8) is 0 Å². The van der Waals surface area contributed by atoms with Crippen molar-refractivity contribution in [3.8, 4) is 0 Å². The van der Waals surface area contributed by atoms with Gasteiger partial charge in [0, 0.05) is 32.7 Å². The average Bonchev–Trinajstić information content (AvgIpc) is 2.38. The van der Waals surface area contributed by atoms with Gasteiger partial charge in [0.25, 0.3) is 0 Å². The number of carboxylic acids is 1. The van der Waals surface area contributed by atoms with Crippen molar-refractivity contribution in [2.75, 3.05) is 26.2 Å². The lowest BCUT2D eigenvalue weighted by Gasteiger charge is -2.27.